The van der Waals surface area contributed by atoms with Gasteiger partial charge in [-0.25, -0.2) is 4.79 Å². The number of benzene rings is 2. The predicted octanol–water partition coefficient (Wildman–Crippen LogP) is 3.93. The van der Waals surface area contributed by atoms with Gasteiger partial charge in [-0.15, -0.1) is 0 Å². The van der Waals surface area contributed by atoms with Crippen molar-refractivity contribution in [1.29, 1.82) is 0 Å². The van der Waals surface area contributed by atoms with Crippen molar-refractivity contribution < 1.29 is 19.1 Å². The molecule has 2 aromatic rings. The zero-order chi connectivity index (χ0) is 24.0. The van der Waals surface area contributed by atoms with Crippen LogP contribution in [0.1, 0.15) is 50.9 Å². The van der Waals surface area contributed by atoms with Gasteiger partial charge < -0.3 is 25.6 Å². The van der Waals surface area contributed by atoms with E-state index in [-0.39, 0.29) is 36.5 Å². The molecule has 176 valence electrons. The summed E-state index contributed by atoms with van der Waals surface area (Å²) in [4.78, 5) is 40.0. The fourth-order valence-corrected chi connectivity index (χ4v) is 3.67. The molecule has 0 bridgehead atoms. The van der Waals surface area contributed by atoms with Gasteiger partial charge in [-0.05, 0) is 57.0 Å². The SMILES string of the molecule is CCC(CC)NC(=O)C1CN(C(=O)c2cccc(NC(=O)NC(C)C)c2)c2ccccc2O1. The normalized spacial score (nSPS) is 15.0. The summed E-state index contributed by atoms with van der Waals surface area (Å²) < 4.78 is 5.94. The fraction of sp³-hybridized carbons (Fsp3) is 0.400. The molecule has 1 unspecified atom stereocenters. The van der Waals surface area contributed by atoms with Crippen molar-refractivity contribution in [1.82, 2.24) is 10.6 Å². The van der Waals surface area contributed by atoms with Gasteiger partial charge in [-0.1, -0.05) is 32.0 Å². The molecule has 0 spiro atoms. The third-order valence-corrected chi connectivity index (χ3v) is 5.43. The zero-order valence-corrected chi connectivity index (χ0v) is 19.6. The molecule has 3 N–H and O–H groups in total. The van der Waals surface area contributed by atoms with E-state index in [0.717, 1.165) is 12.8 Å². The van der Waals surface area contributed by atoms with Crippen LogP contribution in [-0.4, -0.2) is 42.6 Å². The summed E-state index contributed by atoms with van der Waals surface area (Å²) in [7, 11) is 0. The number of hydrogen-bond donors (Lipinski definition) is 3. The molecule has 8 nitrogen and oxygen atoms in total. The molecule has 1 aliphatic rings. The number of urea groups is 1. The lowest BCUT2D eigenvalue weighted by molar-refractivity contribution is -0.128. The fourth-order valence-electron chi connectivity index (χ4n) is 3.67. The number of rotatable bonds is 7. The molecule has 8 heteroatoms. The smallest absolute Gasteiger partial charge is 0.319 e. The maximum atomic E-state index is 13.5. The summed E-state index contributed by atoms with van der Waals surface area (Å²) in [6, 6.07) is 13.6. The van der Waals surface area contributed by atoms with Gasteiger partial charge in [0.2, 0.25) is 0 Å². The Morgan fingerprint density at radius 3 is 2.45 bits per heavy atom. The van der Waals surface area contributed by atoms with Crippen molar-refractivity contribution in [3.8, 4) is 5.75 Å². The molecule has 1 atom stereocenters. The molecular formula is C25H32N4O4. The van der Waals surface area contributed by atoms with Gasteiger partial charge in [0.1, 0.15) is 5.75 Å². The van der Waals surface area contributed by atoms with Gasteiger partial charge in [0.25, 0.3) is 11.8 Å². The third kappa shape index (κ3) is 6.03. The standard InChI is InChI=1S/C25H32N4O4/c1-5-18(6-2)27-23(30)22-15-29(20-12-7-8-13-21(20)33-22)24(31)17-10-9-11-19(14-17)28-25(32)26-16(3)4/h7-14,16,18,22H,5-6,15H2,1-4H3,(H,27,30)(H2,26,28,32). The van der Waals surface area contributed by atoms with E-state index in [1.807, 2.05) is 33.8 Å². The van der Waals surface area contributed by atoms with Crippen LogP contribution in [0.2, 0.25) is 0 Å². The van der Waals surface area contributed by atoms with Crippen LogP contribution in [0.5, 0.6) is 5.75 Å². The number of nitrogens with zero attached hydrogens (tertiary/aromatic N) is 1. The Balaban J connectivity index is 1.83. The molecule has 4 amide bonds. The summed E-state index contributed by atoms with van der Waals surface area (Å²) in [6.45, 7) is 7.86. The van der Waals surface area contributed by atoms with Crippen LogP contribution in [0.3, 0.4) is 0 Å². The molecule has 1 heterocycles. The highest BCUT2D eigenvalue weighted by atomic mass is 16.5. The summed E-state index contributed by atoms with van der Waals surface area (Å²) in [5.74, 6) is -0.0387. The van der Waals surface area contributed by atoms with Crippen molar-refractivity contribution in [3.05, 3.63) is 54.1 Å². The highest BCUT2D eigenvalue weighted by Crippen LogP contribution is 2.34. The van der Waals surface area contributed by atoms with E-state index in [4.69, 9.17) is 4.74 Å². The van der Waals surface area contributed by atoms with Crippen molar-refractivity contribution in [2.75, 3.05) is 16.8 Å². The monoisotopic (exact) mass is 452 g/mol. The van der Waals surface area contributed by atoms with Crippen LogP contribution in [-0.2, 0) is 4.79 Å². The van der Waals surface area contributed by atoms with Gasteiger partial charge >= 0.3 is 6.03 Å². The lowest BCUT2D eigenvalue weighted by atomic mass is 10.1. The van der Waals surface area contributed by atoms with Gasteiger partial charge in [0, 0.05) is 23.3 Å². The van der Waals surface area contributed by atoms with E-state index >= 15 is 0 Å². The minimum absolute atomic E-state index is 0.0113. The molecule has 0 radical (unpaired) electrons. The van der Waals surface area contributed by atoms with Crippen molar-refractivity contribution in [2.45, 2.75) is 58.7 Å². The second kappa shape index (κ2) is 10.8. The number of anilines is 2. The van der Waals surface area contributed by atoms with Crippen LogP contribution in [0, 0.1) is 0 Å². The van der Waals surface area contributed by atoms with E-state index in [0.29, 0.717) is 22.7 Å². The lowest BCUT2D eigenvalue weighted by Gasteiger charge is -2.34. The molecule has 0 fully saturated rings. The number of para-hydroxylation sites is 2. The zero-order valence-electron chi connectivity index (χ0n) is 19.6. The van der Waals surface area contributed by atoms with Gasteiger partial charge in [0.15, 0.2) is 6.10 Å². The molecule has 33 heavy (non-hydrogen) atoms. The predicted molar refractivity (Wildman–Crippen MR) is 129 cm³/mol. The van der Waals surface area contributed by atoms with Crippen LogP contribution in [0.4, 0.5) is 16.2 Å². The molecule has 0 saturated heterocycles. The van der Waals surface area contributed by atoms with E-state index in [2.05, 4.69) is 16.0 Å². The Bertz CT molecular complexity index is 1000. The summed E-state index contributed by atoms with van der Waals surface area (Å²) >= 11 is 0. The topological polar surface area (TPSA) is 99.8 Å². The van der Waals surface area contributed by atoms with Crippen LogP contribution in [0.25, 0.3) is 0 Å². The quantitative estimate of drug-likeness (QED) is 0.593. The van der Waals surface area contributed by atoms with Gasteiger partial charge in [-0.3, -0.25) is 9.59 Å². The first-order valence-corrected chi connectivity index (χ1v) is 11.4. The molecule has 2 aromatic carbocycles. The molecule has 0 saturated carbocycles. The van der Waals surface area contributed by atoms with Gasteiger partial charge in [-0.2, -0.15) is 0 Å². The maximum absolute atomic E-state index is 13.5. The van der Waals surface area contributed by atoms with E-state index in [1.165, 1.54) is 0 Å². The highest BCUT2D eigenvalue weighted by molar-refractivity contribution is 6.08. The summed E-state index contributed by atoms with van der Waals surface area (Å²) in [5.41, 5.74) is 1.50. The first kappa shape index (κ1) is 24.1. The number of hydrogen-bond acceptors (Lipinski definition) is 4. The lowest BCUT2D eigenvalue weighted by Crippen LogP contribution is -2.52. The third-order valence-electron chi connectivity index (χ3n) is 5.43. The molecule has 0 aliphatic carbocycles. The molecule has 0 aromatic heterocycles. The van der Waals surface area contributed by atoms with Gasteiger partial charge in [0.05, 0.1) is 12.2 Å². The molecular weight excluding hydrogens is 420 g/mol. The minimum Gasteiger partial charge on any atom is -0.477 e. The number of fused-ring (bicyclic) bond motifs is 1. The number of amides is 4. The first-order chi connectivity index (χ1) is 15.8. The highest BCUT2D eigenvalue weighted by Gasteiger charge is 2.34. The number of nitrogens with one attached hydrogen (secondary N) is 3. The Kier molecular flexibility index (Phi) is 7.92. The van der Waals surface area contributed by atoms with Crippen LogP contribution >= 0.6 is 0 Å². The first-order valence-electron chi connectivity index (χ1n) is 11.4. The second-order valence-corrected chi connectivity index (χ2v) is 8.35. The van der Waals surface area contributed by atoms with Crippen molar-refractivity contribution >= 4 is 29.2 Å². The molecule has 1 aliphatic heterocycles. The minimum atomic E-state index is -0.817. The van der Waals surface area contributed by atoms with E-state index < -0.39 is 6.10 Å². The van der Waals surface area contributed by atoms with Crippen molar-refractivity contribution in [2.24, 2.45) is 0 Å². The number of carbonyl (C=O) groups is 3. The van der Waals surface area contributed by atoms with Crippen LogP contribution < -0.4 is 25.6 Å². The average molecular weight is 453 g/mol. The van der Waals surface area contributed by atoms with Crippen LogP contribution in [0.15, 0.2) is 48.5 Å². The maximum Gasteiger partial charge on any atom is 0.319 e. The number of ether oxygens (including phenoxy) is 1. The second-order valence-electron chi connectivity index (χ2n) is 8.35. The van der Waals surface area contributed by atoms with E-state index in [9.17, 15) is 14.4 Å². The largest absolute Gasteiger partial charge is 0.477 e. The summed E-state index contributed by atoms with van der Waals surface area (Å²) in [6.07, 6.45) is 0.819. The molecule has 3 rings (SSSR count). The Labute approximate surface area is 194 Å². The number of carbonyl (C=O) groups excluding carboxylic acids is 3. The summed E-state index contributed by atoms with van der Waals surface area (Å²) in [5, 5.41) is 8.50. The Morgan fingerprint density at radius 2 is 1.76 bits per heavy atom. The Morgan fingerprint density at radius 1 is 1.03 bits per heavy atom. The van der Waals surface area contributed by atoms with E-state index in [1.54, 1.807) is 47.4 Å². The Hall–Kier alpha value is -3.55. The van der Waals surface area contributed by atoms with Crippen molar-refractivity contribution in [3.63, 3.8) is 0 Å². The average Bonchev–Trinajstić information content (AvgIpc) is 2.80.